The van der Waals surface area contributed by atoms with Gasteiger partial charge >= 0.3 is 0 Å². The minimum absolute atomic E-state index is 0.0113. The molecule has 2 aromatic carbocycles. The van der Waals surface area contributed by atoms with Crippen molar-refractivity contribution >= 4 is 17.2 Å². The van der Waals surface area contributed by atoms with Crippen LogP contribution in [-0.4, -0.2) is 36.0 Å². The minimum Gasteiger partial charge on any atom is -0.493 e. The Morgan fingerprint density at radius 2 is 1.96 bits per heavy atom. The Bertz CT molecular complexity index is 882. The highest BCUT2D eigenvalue weighted by molar-refractivity contribution is 7.07. The summed E-state index contributed by atoms with van der Waals surface area (Å²) in [5.74, 6) is 1.13. The predicted octanol–water partition coefficient (Wildman–Crippen LogP) is 4.44. The van der Waals surface area contributed by atoms with E-state index in [1.807, 2.05) is 35.4 Å². The summed E-state index contributed by atoms with van der Waals surface area (Å²) in [7, 11) is 1.58. The second kappa shape index (κ2) is 9.90. The molecule has 0 unspecified atom stereocenters. The number of rotatable bonds is 9. The number of aromatic nitrogens is 1. The van der Waals surface area contributed by atoms with Crippen molar-refractivity contribution in [3.05, 3.63) is 76.2 Å². The molecule has 0 aliphatic rings. The van der Waals surface area contributed by atoms with Crippen molar-refractivity contribution < 1.29 is 14.3 Å². The number of benzene rings is 2. The Kier molecular flexibility index (Phi) is 7.03. The van der Waals surface area contributed by atoms with Crippen molar-refractivity contribution in [1.82, 2.24) is 9.88 Å². The molecule has 0 radical (unpaired) electrons. The highest BCUT2D eigenvalue weighted by atomic mass is 32.1. The van der Waals surface area contributed by atoms with Crippen LogP contribution in [-0.2, 0) is 13.0 Å². The molecule has 1 amide bonds. The normalized spacial score (nSPS) is 10.5. The monoisotopic (exact) mass is 396 g/mol. The van der Waals surface area contributed by atoms with E-state index in [0.717, 1.165) is 12.1 Å². The van der Waals surface area contributed by atoms with E-state index >= 15 is 0 Å². The van der Waals surface area contributed by atoms with E-state index in [4.69, 9.17) is 9.47 Å². The van der Waals surface area contributed by atoms with Gasteiger partial charge in [0.2, 0.25) is 0 Å². The van der Waals surface area contributed by atoms with E-state index in [2.05, 4.69) is 17.1 Å². The van der Waals surface area contributed by atoms with Gasteiger partial charge in [0.1, 0.15) is 6.61 Å². The molecule has 146 valence electrons. The number of thiazole rings is 1. The van der Waals surface area contributed by atoms with Crippen LogP contribution in [0, 0.1) is 0 Å². The molecule has 28 heavy (non-hydrogen) atoms. The number of likely N-dealkylation sites (N-methyl/N-ethyl adjacent to an activating group) is 1. The third-order valence-corrected chi connectivity index (χ3v) is 5.09. The van der Waals surface area contributed by atoms with Crippen LogP contribution in [0.4, 0.5) is 0 Å². The van der Waals surface area contributed by atoms with Crippen LogP contribution in [0.2, 0.25) is 0 Å². The van der Waals surface area contributed by atoms with Gasteiger partial charge in [0.05, 0.1) is 18.3 Å². The van der Waals surface area contributed by atoms with E-state index in [0.29, 0.717) is 36.8 Å². The minimum atomic E-state index is -0.0113. The van der Waals surface area contributed by atoms with Crippen LogP contribution in [0.5, 0.6) is 11.5 Å². The lowest BCUT2D eigenvalue weighted by molar-refractivity contribution is 0.0765. The summed E-state index contributed by atoms with van der Waals surface area (Å²) < 4.78 is 11.2. The number of carbonyl (C=O) groups excluding carboxylic acids is 1. The molecule has 0 fully saturated rings. The highest BCUT2D eigenvalue weighted by Gasteiger charge is 2.17. The molecule has 0 N–H and O–H groups in total. The zero-order chi connectivity index (χ0) is 19.8. The van der Waals surface area contributed by atoms with Gasteiger partial charge < -0.3 is 14.4 Å². The maximum atomic E-state index is 12.9. The van der Waals surface area contributed by atoms with Gasteiger partial charge in [-0.15, -0.1) is 11.3 Å². The van der Waals surface area contributed by atoms with Crippen molar-refractivity contribution in [1.29, 1.82) is 0 Å². The van der Waals surface area contributed by atoms with Gasteiger partial charge in [-0.2, -0.15) is 0 Å². The number of amides is 1. The number of nitrogens with zero attached hydrogens (tertiary/aromatic N) is 2. The SMILES string of the molecule is CCN(CCc1ccccc1)C(=O)c1ccc(OCc2cscn2)c(OC)c1. The van der Waals surface area contributed by atoms with Gasteiger partial charge in [-0.05, 0) is 37.1 Å². The number of hydrogen-bond acceptors (Lipinski definition) is 5. The van der Waals surface area contributed by atoms with Crippen LogP contribution >= 0.6 is 11.3 Å². The van der Waals surface area contributed by atoms with E-state index < -0.39 is 0 Å². The number of hydrogen-bond donors (Lipinski definition) is 0. The van der Waals surface area contributed by atoms with Crippen molar-refractivity contribution in [2.45, 2.75) is 20.0 Å². The largest absolute Gasteiger partial charge is 0.493 e. The average molecular weight is 397 g/mol. The molecule has 0 aliphatic carbocycles. The maximum absolute atomic E-state index is 12.9. The first kappa shape index (κ1) is 19.9. The first-order valence-electron chi connectivity index (χ1n) is 9.22. The van der Waals surface area contributed by atoms with Gasteiger partial charge in [-0.3, -0.25) is 4.79 Å². The summed E-state index contributed by atoms with van der Waals surface area (Å²) in [6.45, 7) is 3.68. The van der Waals surface area contributed by atoms with Crippen LogP contribution < -0.4 is 9.47 Å². The Morgan fingerprint density at radius 3 is 2.64 bits per heavy atom. The molecular formula is C22H24N2O3S. The van der Waals surface area contributed by atoms with Crippen LogP contribution in [0.1, 0.15) is 28.5 Å². The molecule has 0 saturated heterocycles. The summed E-state index contributed by atoms with van der Waals surface area (Å²) >= 11 is 1.53. The van der Waals surface area contributed by atoms with Crippen molar-refractivity contribution in [3.63, 3.8) is 0 Å². The summed E-state index contributed by atoms with van der Waals surface area (Å²) in [6.07, 6.45) is 0.826. The molecule has 3 rings (SSSR count). The predicted molar refractivity (Wildman–Crippen MR) is 111 cm³/mol. The zero-order valence-electron chi connectivity index (χ0n) is 16.1. The Labute approximate surface area is 169 Å². The lowest BCUT2D eigenvalue weighted by Gasteiger charge is -2.21. The van der Waals surface area contributed by atoms with Crippen LogP contribution in [0.3, 0.4) is 0 Å². The van der Waals surface area contributed by atoms with E-state index in [1.165, 1.54) is 16.9 Å². The second-order valence-electron chi connectivity index (χ2n) is 6.25. The molecule has 3 aromatic rings. The quantitative estimate of drug-likeness (QED) is 0.537. The Balaban J connectivity index is 1.67. The van der Waals surface area contributed by atoms with E-state index in [-0.39, 0.29) is 5.91 Å². The van der Waals surface area contributed by atoms with Crippen LogP contribution in [0.25, 0.3) is 0 Å². The first-order valence-corrected chi connectivity index (χ1v) is 10.2. The fourth-order valence-corrected chi connectivity index (χ4v) is 3.42. The average Bonchev–Trinajstić information content (AvgIpc) is 3.27. The van der Waals surface area contributed by atoms with Crippen molar-refractivity contribution in [2.24, 2.45) is 0 Å². The maximum Gasteiger partial charge on any atom is 0.253 e. The summed E-state index contributed by atoms with van der Waals surface area (Å²) in [6, 6.07) is 15.5. The fraction of sp³-hybridized carbons (Fsp3) is 0.273. The molecule has 1 aromatic heterocycles. The smallest absolute Gasteiger partial charge is 0.253 e. The molecular weight excluding hydrogens is 372 g/mol. The molecule has 0 saturated carbocycles. The molecule has 5 nitrogen and oxygen atoms in total. The third kappa shape index (κ3) is 5.10. The van der Waals surface area contributed by atoms with Gasteiger partial charge in [0.15, 0.2) is 11.5 Å². The zero-order valence-corrected chi connectivity index (χ0v) is 16.9. The summed E-state index contributed by atoms with van der Waals surface area (Å²) in [5.41, 5.74) is 4.45. The fourth-order valence-electron chi connectivity index (χ4n) is 2.87. The lowest BCUT2D eigenvalue weighted by Crippen LogP contribution is -2.32. The van der Waals surface area contributed by atoms with Gasteiger partial charge in [-0.1, -0.05) is 30.3 Å². The van der Waals surface area contributed by atoms with Crippen LogP contribution in [0.15, 0.2) is 59.4 Å². The number of methoxy groups -OCH3 is 1. The first-order chi connectivity index (χ1) is 13.7. The molecule has 0 bridgehead atoms. The Hall–Kier alpha value is -2.86. The summed E-state index contributed by atoms with van der Waals surface area (Å²) in [5, 5.41) is 1.94. The Morgan fingerprint density at radius 1 is 1.14 bits per heavy atom. The topological polar surface area (TPSA) is 51.7 Å². The molecule has 0 spiro atoms. The number of ether oxygens (including phenoxy) is 2. The van der Waals surface area contributed by atoms with Gasteiger partial charge in [0, 0.05) is 24.0 Å². The highest BCUT2D eigenvalue weighted by Crippen LogP contribution is 2.29. The van der Waals surface area contributed by atoms with E-state index in [9.17, 15) is 4.79 Å². The molecule has 0 atom stereocenters. The van der Waals surface area contributed by atoms with Gasteiger partial charge in [-0.25, -0.2) is 4.98 Å². The van der Waals surface area contributed by atoms with Crippen molar-refractivity contribution in [2.75, 3.05) is 20.2 Å². The third-order valence-electron chi connectivity index (χ3n) is 4.45. The van der Waals surface area contributed by atoms with E-state index in [1.54, 1.807) is 30.8 Å². The number of carbonyl (C=O) groups is 1. The summed E-state index contributed by atoms with van der Waals surface area (Å²) in [4.78, 5) is 19.0. The second-order valence-corrected chi connectivity index (χ2v) is 6.97. The van der Waals surface area contributed by atoms with Crippen molar-refractivity contribution in [3.8, 4) is 11.5 Å². The molecule has 1 heterocycles. The standard InChI is InChI=1S/C22H24N2O3S/c1-3-24(12-11-17-7-5-4-6-8-17)22(25)18-9-10-20(21(13-18)26-2)27-14-19-15-28-16-23-19/h4-10,13,15-16H,3,11-12,14H2,1-2H3. The van der Waals surface area contributed by atoms with Gasteiger partial charge in [0.25, 0.3) is 5.91 Å². The lowest BCUT2D eigenvalue weighted by atomic mass is 10.1. The molecule has 6 heteroatoms. The molecule has 0 aliphatic heterocycles.